The van der Waals surface area contributed by atoms with E-state index in [9.17, 15) is 9.59 Å². The molecule has 0 spiro atoms. The molecule has 6 heteroatoms. The Balaban J connectivity index is 1.50. The lowest BCUT2D eigenvalue weighted by Gasteiger charge is -2.10. The van der Waals surface area contributed by atoms with Crippen LogP contribution in [0.4, 0.5) is 17.1 Å². The van der Waals surface area contributed by atoms with E-state index in [-0.39, 0.29) is 18.4 Å². The Morgan fingerprint density at radius 2 is 1.57 bits per heavy atom. The zero-order chi connectivity index (χ0) is 21.3. The van der Waals surface area contributed by atoms with E-state index in [1.165, 1.54) is 0 Å². The van der Waals surface area contributed by atoms with Crippen molar-refractivity contribution < 1.29 is 14.3 Å². The monoisotopic (exact) mass is 403 g/mol. The van der Waals surface area contributed by atoms with Gasteiger partial charge in [0, 0.05) is 28.7 Å². The van der Waals surface area contributed by atoms with Crippen molar-refractivity contribution in [2.45, 2.75) is 13.8 Å². The standard InChI is InChI=1S/C24H25N3O3/c1-3-30-22-9-5-8-21(15-22)26-23(28)16-25-19-10-12-20(13-11-19)27-24(29)18-7-4-6-17(2)14-18/h4-15,25H,3,16H2,1-2H3,(H,26,28)(H,27,29). The van der Waals surface area contributed by atoms with Gasteiger partial charge in [-0.2, -0.15) is 0 Å². The molecule has 0 saturated carbocycles. The predicted molar refractivity (Wildman–Crippen MR) is 120 cm³/mol. The van der Waals surface area contributed by atoms with E-state index in [1.54, 1.807) is 24.3 Å². The average molecular weight is 403 g/mol. The first-order chi connectivity index (χ1) is 14.5. The zero-order valence-corrected chi connectivity index (χ0v) is 17.1. The van der Waals surface area contributed by atoms with E-state index in [1.807, 2.05) is 62.4 Å². The summed E-state index contributed by atoms with van der Waals surface area (Å²) in [4.78, 5) is 24.5. The number of hydrogen-bond donors (Lipinski definition) is 3. The SMILES string of the molecule is CCOc1cccc(NC(=O)CNc2ccc(NC(=O)c3cccc(C)c3)cc2)c1. The molecule has 0 atom stereocenters. The molecule has 0 saturated heterocycles. The number of carbonyl (C=O) groups excluding carboxylic acids is 2. The number of carbonyl (C=O) groups is 2. The normalized spacial score (nSPS) is 10.2. The summed E-state index contributed by atoms with van der Waals surface area (Å²) in [6.07, 6.45) is 0. The molecule has 0 aliphatic rings. The van der Waals surface area contributed by atoms with Crippen molar-refractivity contribution >= 4 is 28.9 Å². The number of amides is 2. The fraction of sp³-hybridized carbons (Fsp3) is 0.167. The third-order valence-electron chi connectivity index (χ3n) is 4.30. The van der Waals surface area contributed by atoms with Gasteiger partial charge in [0.1, 0.15) is 5.75 Å². The fourth-order valence-electron chi connectivity index (χ4n) is 2.88. The molecular weight excluding hydrogens is 378 g/mol. The molecule has 0 aliphatic carbocycles. The van der Waals surface area contributed by atoms with Crippen LogP contribution in [-0.4, -0.2) is 25.0 Å². The number of rotatable bonds is 8. The maximum absolute atomic E-state index is 12.3. The highest BCUT2D eigenvalue weighted by atomic mass is 16.5. The first kappa shape index (κ1) is 20.9. The molecule has 0 heterocycles. The zero-order valence-electron chi connectivity index (χ0n) is 17.1. The Hall–Kier alpha value is -3.80. The minimum absolute atomic E-state index is 0.119. The van der Waals surface area contributed by atoms with Crippen LogP contribution in [0.15, 0.2) is 72.8 Å². The van der Waals surface area contributed by atoms with E-state index in [0.717, 1.165) is 11.3 Å². The van der Waals surface area contributed by atoms with Gasteiger partial charge in [-0.05, 0) is 62.4 Å². The second kappa shape index (κ2) is 10.1. The molecule has 0 aromatic heterocycles. The molecule has 6 nitrogen and oxygen atoms in total. The summed E-state index contributed by atoms with van der Waals surface area (Å²) < 4.78 is 5.43. The smallest absolute Gasteiger partial charge is 0.255 e. The first-order valence-electron chi connectivity index (χ1n) is 9.78. The van der Waals surface area contributed by atoms with Gasteiger partial charge in [-0.1, -0.05) is 23.8 Å². The van der Waals surface area contributed by atoms with Crippen LogP contribution in [0, 0.1) is 6.92 Å². The maximum Gasteiger partial charge on any atom is 0.255 e. The molecule has 30 heavy (non-hydrogen) atoms. The number of hydrogen-bond acceptors (Lipinski definition) is 4. The summed E-state index contributed by atoms with van der Waals surface area (Å²) in [5.74, 6) is 0.389. The predicted octanol–water partition coefficient (Wildman–Crippen LogP) is 4.70. The van der Waals surface area contributed by atoms with Crippen molar-refractivity contribution in [3.8, 4) is 5.75 Å². The molecule has 3 aromatic carbocycles. The van der Waals surface area contributed by atoms with Gasteiger partial charge in [0.2, 0.25) is 5.91 Å². The molecular formula is C24H25N3O3. The average Bonchev–Trinajstić information content (AvgIpc) is 2.74. The fourth-order valence-corrected chi connectivity index (χ4v) is 2.88. The van der Waals surface area contributed by atoms with Crippen molar-refractivity contribution in [2.75, 3.05) is 29.1 Å². The van der Waals surface area contributed by atoms with Gasteiger partial charge < -0.3 is 20.7 Å². The molecule has 154 valence electrons. The lowest BCUT2D eigenvalue weighted by molar-refractivity contribution is -0.114. The van der Waals surface area contributed by atoms with Crippen molar-refractivity contribution in [3.63, 3.8) is 0 Å². The third-order valence-corrected chi connectivity index (χ3v) is 4.30. The number of nitrogens with one attached hydrogen (secondary N) is 3. The lowest BCUT2D eigenvalue weighted by Crippen LogP contribution is -2.21. The van der Waals surface area contributed by atoms with Crippen LogP contribution >= 0.6 is 0 Å². The van der Waals surface area contributed by atoms with Crippen LogP contribution in [0.3, 0.4) is 0 Å². The van der Waals surface area contributed by atoms with Crippen LogP contribution < -0.4 is 20.7 Å². The Morgan fingerprint density at radius 1 is 0.833 bits per heavy atom. The Bertz CT molecular complexity index is 1020. The van der Waals surface area contributed by atoms with E-state index in [2.05, 4.69) is 16.0 Å². The van der Waals surface area contributed by atoms with E-state index < -0.39 is 0 Å². The lowest BCUT2D eigenvalue weighted by atomic mass is 10.1. The summed E-state index contributed by atoms with van der Waals surface area (Å²) in [6.45, 7) is 4.55. The van der Waals surface area contributed by atoms with Gasteiger partial charge in [0.05, 0.1) is 13.2 Å². The van der Waals surface area contributed by atoms with E-state index in [0.29, 0.717) is 29.3 Å². The van der Waals surface area contributed by atoms with Crippen LogP contribution in [0.1, 0.15) is 22.8 Å². The van der Waals surface area contributed by atoms with Crippen LogP contribution in [-0.2, 0) is 4.79 Å². The van der Waals surface area contributed by atoms with E-state index >= 15 is 0 Å². The molecule has 0 bridgehead atoms. The maximum atomic E-state index is 12.3. The number of anilines is 3. The van der Waals surface area contributed by atoms with Crippen molar-refractivity contribution in [1.82, 2.24) is 0 Å². The van der Waals surface area contributed by atoms with Gasteiger partial charge in [0.15, 0.2) is 0 Å². The highest BCUT2D eigenvalue weighted by Gasteiger charge is 2.07. The van der Waals surface area contributed by atoms with Gasteiger partial charge in [-0.25, -0.2) is 0 Å². The number of benzene rings is 3. The van der Waals surface area contributed by atoms with Gasteiger partial charge in [-0.3, -0.25) is 9.59 Å². The Morgan fingerprint density at radius 3 is 2.30 bits per heavy atom. The number of aryl methyl sites for hydroxylation is 1. The van der Waals surface area contributed by atoms with Crippen molar-refractivity contribution in [2.24, 2.45) is 0 Å². The van der Waals surface area contributed by atoms with Crippen LogP contribution in [0.2, 0.25) is 0 Å². The largest absolute Gasteiger partial charge is 0.494 e. The molecule has 0 radical (unpaired) electrons. The molecule has 3 aromatic rings. The quantitative estimate of drug-likeness (QED) is 0.509. The van der Waals surface area contributed by atoms with Gasteiger partial charge in [-0.15, -0.1) is 0 Å². The first-order valence-corrected chi connectivity index (χ1v) is 9.78. The van der Waals surface area contributed by atoms with E-state index in [4.69, 9.17) is 4.74 Å². The second-order valence-electron chi connectivity index (χ2n) is 6.76. The molecule has 3 N–H and O–H groups in total. The molecule has 0 unspecified atom stereocenters. The molecule has 0 aliphatic heterocycles. The summed E-state index contributed by atoms with van der Waals surface area (Å²) in [5.41, 5.74) is 3.79. The van der Waals surface area contributed by atoms with Gasteiger partial charge in [0.25, 0.3) is 5.91 Å². The Kier molecular flexibility index (Phi) is 7.05. The summed E-state index contributed by atoms with van der Waals surface area (Å²) in [6, 6.07) is 21.9. The summed E-state index contributed by atoms with van der Waals surface area (Å²) in [7, 11) is 0. The van der Waals surface area contributed by atoms with Crippen LogP contribution in [0.25, 0.3) is 0 Å². The minimum Gasteiger partial charge on any atom is -0.494 e. The van der Waals surface area contributed by atoms with Crippen LogP contribution in [0.5, 0.6) is 5.75 Å². The topological polar surface area (TPSA) is 79.5 Å². The van der Waals surface area contributed by atoms with Crippen molar-refractivity contribution in [3.05, 3.63) is 83.9 Å². The summed E-state index contributed by atoms with van der Waals surface area (Å²) >= 11 is 0. The third kappa shape index (κ3) is 6.10. The van der Waals surface area contributed by atoms with Crippen molar-refractivity contribution in [1.29, 1.82) is 0 Å². The molecule has 2 amide bonds. The minimum atomic E-state index is -0.166. The molecule has 0 fully saturated rings. The highest BCUT2D eigenvalue weighted by molar-refractivity contribution is 6.04. The summed E-state index contributed by atoms with van der Waals surface area (Å²) in [5, 5.41) is 8.77. The highest BCUT2D eigenvalue weighted by Crippen LogP contribution is 2.18. The molecule has 3 rings (SSSR count). The second-order valence-corrected chi connectivity index (χ2v) is 6.76. The Labute approximate surface area is 176 Å². The number of ether oxygens (including phenoxy) is 1. The van der Waals surface area contributed by atoms with Gasteiger partial charge >= 0.3 is 0 Å².